The molecule has 2 aromatic rings. The fraction of sp³-hybridized carbons (Fsp3) is 0.455. The summed E-state index contributed by atoms with van der Waals surface area (Å²) >= 11 is 0. The molecule has 90 valence electrons. The highest BCUT2D eigenvalue weighted by molar-refractivity contribution is 5.53. The molecule has 0 N–H and O–H groups in total. The Morgan fingerprint density at radius 1 is 1.47 bits per heavy atom. The Morgan fingerprint density at radius 2 is 2.29 bits per heavy atom. The third kappa shape index (κ3) is 1.74. The molecule has 1 saturated heterocycles. The molecule has 0 aliphatic carbocycles. The van der Waals surface area contributed by atoms with Gasteiger partial charge in [-0.2, -0.15) is 5.10 Å². The number of pyridine rings is 1. The standard InChI is InChI=1S/C11H13FN4O/c1-17-7-11(12)5-15(6-11)9-2-3-10-13-8-14-16(10)4-9/h2-4,8H,5-7H2,1H3. The van der Waals surface area contributed by atoms with Crippen molar-refractivity contribution in [3.05, 3.63) is 24.7 Å². The molecule has 0 saturated carbocycles. The summed E-state index contributed by atoms with van der Waals surface area (Å²) in [6.45, 7) is 0.872. The lowest BCUT2D eigenvalue weighted by atomic mass is 9.97. The minimum absolute atomic E-state index is 0.148. The summed E-state index contributed by atoms with van der Waals surface area (Å²) in [4.78, 5) is 6.02. The summed E-state index contributed by atoms with van der Waals surface area (Å²) in [7, 11) is 1.52. The Balaban J connectivity index is 1.78. The minimum Gasteiger partial charge on any atom is -0.381 e. The molecule has 0 amide bonds. The van der Waals surface area contributed by atoms with E-state index in [1.165, 1.54) is 13.4 Å². The molecule has 6 heteroatoms. The summed E-state index contributed by atoms with van der Waals surface area (Å²) < 4.78 is 20.4. The summed E-state index contributed by atoms with van der Waals surface area (Å²) in [5, 5.41) is 4.05. The second-order valence-electron chi connectivity index (χ2n) is 4.39. The van der Waals surface area contributed by atoms with Gasteiger partial charge in [0.2, 0.25) is 0 Å². The number of methoxy groups -OCH3 is 1. The van der Waals surface area contributed by atoms with Crippen molar-refractivity contribution in [1.29, 1.82) is 0 Å². The van der Waals surface area contributed by atoms with Crippen LogP contribution >= 0.6 is 0 Å². The molecular weight excluding hydrogens is 223 g/mol. The van der Waals surface area contributed by atoms with Gasteiger partial charge in [-0.3, -0.25) is 0 Å². The van der Waals surface area contributed by atoms with Gasteiger partial charge in [-0.1, -0.05) is 0 Å². The number of hydrogen-bond donors (Lipinski definition) is 0. The number of fused-ring (bicyclic) bond motifs is 1. The van der Waals surface area contributed by atoms with Crippen molar-refractivity contribution in [2.24, 2.45) is 0 Å². The van der Waals surface area contributed by atoms with Gasteiger partial charge in [0.25, 0.3) is 0 Å². The maximum atomic E-state index is 13.9. The van der Waals surface area contributed by atoms with Crippen LogP contribution in [0.25, 0.3) is 5.65 Å². The first-order valence-corrected chi connectivity index (χ1v) is 5.42. The summed E-state index contributed by atoms with van der Waals surface area (Å²) in [6, 6.07) is 3.80. The van der Waals surface area contributed by atoms with Gasteiger partial charge in [0.05, 0.1) is 31.6 Å². The second kappa shape index (κ2) is 3.66. The molecule has 0 unspecified atom stereocenters. The van der Waals surface area contributed by atoms with E-state index >= 15 is 0 Å². The summed E-state index contributed by atoms with van der Waals surface area (Å²) in [5.74, 6) is 0. The highest BCUT2D eigenvalue weighted by Gasteiger charge is 2.43. The molecule has 0 aromatic carbocycles. The van der Waals surface area contributed by atoms with Gasteiger partial charge >= 0.3 is 0 Å². The monoisotopic (exact) mass is 236 g/mol. The third-order valence-electron chi connectivity index (χ3n) is 2.98. The molecule has 3 rings (SSSR count). The smallest absolute Gasteiger partial charge is 0.168 e. The summed E-state index contributed by atoms with van der Waals surface area (Å²) in [5.41, 5.74) is 0.525. The molecule has 2 aromatic heterocycles. The lowest BCUT2D eigenvalue weighted by Crippen LogP contribution is -2.61. The first kappa shape index (κ1) is 10.5. The quantitative estimate of drug-likeness (QED) is 0.794. The van der Waals surface area contributed by atoms with E-state index in [0.717, 1.165) is 11.3 Å². The lowest BCUT2D eigenvalue weighted by molar-refractivity contribution is 0.0196. The van der Waals surface area contributed by atoms with Gasteiger partial charge < -0.3 is 9.64 Å². The minimum atomic E-state index is -1.22. The van der Waals surface area contributed by atoms with Crippen molar-refractivity contribution in [3.8, 4) is 0 Å². The molecular formula is C11H13FN4O. The zero-order valence-electron chi connectivity index (χ0n) is 9.51. The van der Waals surface area contributed by atoms with Crippen LogP contribution in [0.15, 0.2) is 24.7 Å². The predicted octanol–water partition coefficient (Wildman–Crippen LogP) is 0.904. The third-order valence-corrected chi connectivity index (χ3v) is 2.98. The zero-order valence-corrected chi connectivity index (χ0v) is 9.51. The van der Waals surface area contributed by atoms with Crippen LogP contribution in [0.2, 0.25) is 0 Å². The Hall–Kier alpha value is -1.69. The van der Waals surface area contributed by atoms with Crippen molar-refractivity contribution < 1.29 is 9.13 Å². The second-order valence-corrected chi connectivity index (χ2v) is 4.39. The van der Waals surface area contributed by atoms with E-state index in [1.807, 2.05) is 23.2 Å². The van der Waals surface area contributed by atoms with Gasteiger partial charge in [0.1, 0.15) is 6.33 Å². The van der Waals surface area contributed by atoms with E-state index in [-0.39, 0.29) is 6.61 Å². The van der Waals surface area contributed by atoms with Crippen LogP contribution in [0.5, 0.6) is 0 Å². The number of nitrogens with zero attached hydrogens (tertiary/aromatic N) is 4. The molecule has 1 aliphatic rings. The fourth-order valence-electron chi connectivity index (χ4n) is 2.16. The zero-order chi connectivity index (χ0) is 11.9. The van der Waals surface area contributed by atoms with E-state index in [2.05, 4.69) is 10.1 Å². The van der Waals surface area contributed by atoms with Crippen molar-refractivity contribution in [2.75, 3.05) is 31.7 Å². The van der Waals surface area contributed by atoms with Crippen molar-refractivity contribution >= 4 is 11.3 Å². The molecule has 0 bridgehead atoms. The normalized spacial score (nSPS) is 18.4. The van der Waals surface area contributed by atoms with Crippen LogP contribution in [0.4, 0.5) is 10.1 Å². The maximum Gasteiger partial charge on any atom is 0.168 e. The number of hydrogen-bond acceptors (Lipinski definition) is 4. The molecule has 1 aliphatic heterocycles. The van der Waals surface area contributed by atoms with Gasteiger partial charge in [-0.05, 0) is 12.1 Å². The van der Waals surface area contributed by atoms with E-state index in [0.29, 0.717) is 13.1 Å². The van der Waals surface area contributed by atoms with Crippen LogP contribution < -0.4 is 4.90 Å². The van der Waals surface area contributed by atoms with Crippen LogP contribution in [-0.2, 0) is 4.74 Å². The van der Waals surface area contributed by atoms with Crippen molar-refractivity contribution in [1.82, 2.24) is 14.6 Å². The van der Waals surface area contributed by atoms with E-state index in [4.69, 9.17) is 4.74 Å². The number of aromatic nitrogens is 3. The molecule has 0 atom stereocenters. The van der Waals surface area contributed by atoms with E-state index in [9.17, 15) is 4.39 Å². The average molecular weight is 236 g/mol. The van der Waals surface area contributed by atoms with E-state index < -0.39 is 5.67 Å². The van der Waals surface area contributed by atoms with Crippen LogP contribution in [0.3, 0.4) is 0 Å². The van der Waals surface area contributed by atoms with Gasteiger partial charge in [-0.25, -0.2) is 13.9 Å². The van der Waals surface area contributed by atoms with Gasteiger partial charge in [-0.15, -0.1) is 0 Å². The SMILES string of the molecule is COCC1(F)CN(c2ccc3ncnn3c2)C1. The van der Waals surface area contributed by atoms with Crippen LogP contribution in [-0.4, -0.2) is 47.1 Å². The Bertz CT molecular complexity index is 535. The van der Waals surface area contributed by atoms with Crippen molar-refractivity contribution in [3.63, 3.8) is 0 Å². The number of ether oxygens (including phenoxy) is 1. The molecule has 0 radical (unpaired) electrons. The van der Waals surface area contributed by atoms with Crippen LogP contribution in [0, 0.1) is 0 Å². The summed E-state index contributed by atoms with van der Waals surface area (Å²) in [6.07, 6.45) is 3.36. The molecule has 17 heavy (non-hydrogen) atoms. The molecule has 3 heterocycles. The highest BCUT2D eigenvalue weighted by Crippen LogP contribution is 2.30. The van der Waals surface area contributed by atoms with Crippen molar-refractivity contribution in [2.45, 2.75) is 5.67 Å². The number of alkyl halides is 1. The molecule has 1 fully saturated rings. The highest BCUT2D eigenvalue weighted by atomic mass is 19.1. The first-order chi connectivity index (χ1) is 8.20. The Morgan fingerprint density at radius 3 is 3.06 bits per heavy atom. The Labute approximate surface area is 97.8 Å². The topological polar surface area (TPSA) is 42.7 Å². The first-order valence-electron chi connectivity index (χ1n) is 5.42. The molecule has 5 nitrogen and oxygen atoms in total. The van der Waals surface area contributed by atoms with Gasteiger partial charge in [0, 0.05) is 7.11 Å². The van der Waals surface area contributed by atoms with E-state index in [1.54, 1.807) is 4.52 Å². The lowest BCUT2D eigenvalue weighted by Gasteiger charge is -2.45. The number of rotatable bonds is 3. The Kier molecular flexibility index (Phi) is 2.25. The fourth-order valence-corrected chi connectivity index (χ4v) is 2.16. The largest absolute Gasteiger partial charge is 0.381 e. The maximum absolute atomic E-state index is 13.9. The number of anilines is 1. The molecule has 0 spiro atoms. The number of halogens is 1. The average Bonchev–Trinajstić information content (AvgIpc) is 2.72. The van der Waals surface area contributed by atoms with Crippen LogP contribution in [0.1, 0.15) is 0 Å². The van der Waals surface area contributed by atoms with Gasteiger partial charge in [0.15, 0.2) is 11.3 Å². The predicted molar refractivity (Wildman–Crippen MR) is 60.9 cm³/mol.